The smallest absolute Gasteiger partial charge is 0.103 e. The van der Waals surface area contributed by atoms with E-state index in [1.54, 1.807) is 0 Å². The lowest BCUT2D eigenvalue weighted by atomic mass is 9.63. The third-order valence-electron chi connectivity index (χ3n) is 9.18. The van der Waals surface area contributed by atoms with Crippen LogP contribution >= 0.6 is 12.6 Å². The Morgan fingerprint density at radius 2 is 1.00 bits per heavy atom. The average Bonchev–Trinajstić information content (AvgIpc) is 2.69. The minimum absolute atomic E-state index is 0.376. The van der Waals surface area contributed by atoms with Crippen LogP contribution in [0, 0.1) is 35.5 Å². The first kappa shape index (κ1) is 20.5. The molecule has 4 saturated carbocycles. The predicted molar refractivity (Wildman–Crippen MR) is 116 cm³/mol. The van der Waals surface area contributed by atoms with Gasteiger partial charge in [0.05, 0.1) is 0 Å². The average molecular weight is 396 g/mol. The molecule has 4 aliphatic carbocycles. The minimum atomic E-state index is -0.527. The Kier molecular flexibility index (Phi) is 7.12. The molecule has 0 bridgehead atoms. The summed E-state index contributed by atoms with van der Waals surface area (Å²) in [5.41, 5.74) is 6.07. The number of nitrogens with two attached hydrogens (primary N) is 1. The van der Waals surface area contributed by atoms with E-state index in [1.807, 2.05) is 0 Å². The van der Waals surface area contributed by atoms with Crippen LogP contribution < -0.4 is 5.73 Å². The van der Waals surface area contributed by atoms with Gasteiger partial charge in [0.15, 0.2) is 0 Å². The summed E-state index contributed by atoms with van der Waals surface area (Å²) in [5, 5.41) is 0.653. The van der Waals surface area contributed by atoms with Crippen LogP contribution in [0.1, 0.15) is 96.3 Å². The van der Waals surface area contributed by atoms with Crippen LogP contribution in [0.25, 0.3) is 0 Å². The maximum Gasteiger partial charge on any atom is 0.103 e. The Hall–Kier alpha value is 0.240. The highest BCUT2D eigenvalue weighted by molar-refractivity contribution is 7.80. The summed E-state index contributed by atoms with van der Waals surface area (Å²) >= 11 is 4.66. The number of thiol groups is 1. The van der Waals surface area contributed by atoms with E-state index in [0.29, 0.717) is 29.0 Å². The summed E-state index contributed by atoms with van der Waals surface area (Å²) in [6.45, 7) is 0. The number of alkyl halides is 1. The topological polar surface area (TPSA) is 26.0 Å². The Balaban J connectivity index is 1.22. The van der Waals surface area contributed by atoms with Crippen molar-refractivity contribution in [2.75, 3.05) is 0 Å². The molecule has 4 fully saturated rings. The fraction of sp³-hybridized carbons (Fsp3) is 1.00. The van der Waals surface area contributed by atoms with E-state index >= 15 is 4.39 Å². The summed E-state index contributed by atoms with van der Waals surface area (Å²) < 4.78 is 15.2. The highest BCUT2D eigenvalue weighted by atomic mass is 32.1. The number of halogens is 1. The Labute approximate surface area is 172 Å². The summed E-state index contributed by atoms with van der Waals surface area (Å²) in [5.74, 6) is 4.35. The second-order valence-corrected chi connectivity index (χ2v) is 11.4. The van der Waals surface area contributed by atoms with Gasteiger partial charge in [-0.2, -0.15) is 12.6 Å². The lowest BCUT2D eigenvalue weighted by Gasteiger charge is -2.44. The molecule has 3 heteroatoms. The highest BCUT2D eigenvalue weighted by Crippen LogP contribution is 2.48. The van der Waals surface area contributed by atoms with Gasteiger partial charge >= 0.3 is 0 Å². The molecule has 156 valence electrons. The molecule has 4 rings (SSSR count). The number of hydrogen-bond donors (Lipinski definition) is 2. The molecule has 27 heavy (non-hydrogen) atoms. The molecule has 3 unspecified atom stereocenters. The van der Waals surface area contributed by atoms with Crippen molar-refractivity contribution in [1.29, 1.82) is 0 Å². The van der Waals surface area contributed by atoms with Gasteiger partial charge in [0, 0.05) is 11.3 Å². The third kappa shape index (κ3) is 5.05. The van der Waals surface area contributed by atoms with Crippen LogP contribution in [0.2, 0.25) is 0 Å². The maximum atomic E-state index is 15.2. The van der Waals surface area contributed by atoms with E-state index in [4.69, 9.17) is 5.73 Å². The molecule has 0 aromatic rings. The normalized spacial score (nSPS) is 49.7. The largest absolute Gasteiger partial charge is 0.328 e. The summed E-state index contributed by atoms with van der Waals surface area (Å²) in [6, 6.07) is 0.414. The van der Waals surface area contributed by atoms with E-state index < -0.39 is 6.17 Å². The maximum absolute atomic E-state index is 15.2. The van der Waals surface area contributed by atoms with E-state index in [2.05, 4.69) is 12.6 Å². The zero-order chi connectivity index (χ0) is 18.8. The van der Waals surface area contributed by atoms with Gasteiger partial charge in [-0.25, -0.2) is 4.39 Å². The van der Waals surface area contributed by atoms with Crippen LogP contribution in [-0.4, -0.2) is 17.5 Å². The van der Waals surface area contributed by atoms with Gasteiger partial charge in [-0.1, -0.05) is 0 Å². The van der Waals surface area contributed by atoms with Gasteiger partial charge in [0.25, 0.3) is 0 Å². The summed E-state index contributed by atoms with van der Waals surface area (Å²) in [6.07, 6.45) is 18.4. The fourth-order valence-electron chi connectivity index (χ4n) is 7.36. The zero-order valence-electron chi connectivity index (χ0n) is 17.2. The summed E-state index contributed by atoms with van der Waals surface area (Å²) in [7, 11) is 0. The van der Waals surface area contributed by atoms with Crippen molar-refractivity contribution in [3.05, 3.63) is 0 Å². The first-order valence-corrected chi connectivity index (χ1v) is 12.7. The molecule has 1 nitrogen and oxygen atoms in total. The molecule has 3 atom stereocenters. The number of rotatable bonds is 3. The molecule has 0 radical (unpaired) electrons. The molecule has 0 spiro atoms. The van der Waals surface area contributed by atoms with Gasteiger partial charge in [-0.3, -0.25) is 0 Å². The van der Waals surface area contributed by atoms with Crippen molar-refractivity contribution >= 4 is 12.6 Å². The van der Waals surface area contributed by atoms with Crippen molar-refractivity contribution < 1.29 is 4.39 Å². The van der Waals surface area contributed by atoms with Crippen molar-refractivity contribution in [2.45, 2.75) is 114 Å². The second kappa shape index (κ2) is 9.37. The molecule has 0 saturated heterocycles. The van der Waals surface area contributed by atoms with Crippen molar-refractivity contribution in [3.8, 4) is 0 Å². The highest BCUT2D eigenvalue weighted by Gasteiger charge is 2.40. The van der Waals surface area contributed by atoms with Crippen molar-refractivity contribution in [2.24, 2.45) is 41.2 Å². The lowest BCUT2D eigenvalue weighted by Crippen LogP contribution is -2.38. The lowest BCUT2D eigenvalue weighted by molar-refractivity contribution is 0.0296. The van der Waals surface area contributed by atoms with Crippen molar-refractivity contribution in [3.63, 3.8) is 0 Å². The molecular weight excluding hydrogens is 353 g/mol. The van der Waals surface area contributed by atoms with E-state index in [1.165, 1.54) is 83.5 Å². The molecule has 2 N–H and O–H groups in total. The fourth-order valence-corrected chi connectivity index (χ4v) is 7.66. The quantitative estimate of drug-likeness (QED) is 0.520. The van der Waals surface area contributed by atoms with E-state index in [9.17, 15) is 0 Å². The van der Waals surface area contributed by atoms with Crippen LogP contribution in [0.15, 0.2) is 0 Å². The molecule has 0 aromatic heterocycles. The molecule has 4 aliphatic rings. The minimum Gasteiger partial charge on any atom is -0.328 e. The van der Waals surface area contributed by atoms with Crippen LogP contribution in [0.4, 0.5) is 4.39 Å². The van der Waals surface area contributed by atoms with E-state index in [0.717, 1.165) is 30.6 Å². The number of hydrogen-bond acceptors (Lipinski definition) is 2. The molecule has 0 aromatic carbocycles. The van der Waals surface area contributed by atoms with Gasteiger partial charge in [0.2, 0.25) is 0 Å². The second-order valence-electron chi connectivity index (χ2n) is 10.7. The molecule has 0 heterocycles. The SMILES string of the molecule is NC1CCC(C2CCC(C3CCC(C4CCC(S)CC4)CC3)C(F)C2)CC1. The monoisotopic (exact) mass is 395 g/mol. The molecule has 0 aliphatic heterocycles. The third-order valence-corrected chi connectivity index (χ3v) is 9.69. The molecular formula is C24H42FNS. The summed E-state index contributed by atoms with van der Waals surface area (Å²) in [4.78, 5) is 0. The Bertz CT molecular complexity index is 447. The Morgan fingerprint density at radius 3 is 1.59 bits per heavy atom. The van der Waals surface area contributed by atoms with Gasteiger partial charge in [0.1, 0.15) is 6.17 Å². The zero-order valence-corrected chi connectivity index (χ0v) is 18.1. The van der Waals surface area contributed by atoms with Crippen LogP contribution in [0.5, 0.6) is 0 Å². The van der Waals surface area contributed by atoms with Crippen LogP contribution in [-0.2, 0) is 0 Å². The molecule has 0 amide bonds. The van der Waals surface area contributed by atoms with Gasteiger partial charge in [-0.15, -0.1) is 0 Å². The van der Waals surface area contributed by atoms with Gasteiger partial charge in [-0.05, 0) is 132 Å². The standard InChI is InChI=1S/C24H42FNS/c25-24-15-20(18-5-10-21(26)11-6-18)9-14-23(24)19-3-1-16(2-4-19)17-7-12-22(27)13-8-17/h16-24,27H,1-15,26H2. The first-order chi connectivity index (χ1) is 13.1. The Morgan fingerprint density at radius 1 is 0.556 bits per heavy atom. The van der Waals surface area contributed by atoms with Crippen LogP contribution in [0.3, 0.4) is 0 Å². The first-order valence-electron chi connectivity index (χ1n) is 12.2. The van der Waals surface area contributed by atoms with Gasteiger partial charge < -0.3 is 5.73 Å². The van der Waals surface area contributed by atoms with E-state index in [-0.39, 0.29) is 0 Å². The predicted octanol–water partition coefficient (Wildman–Crippen LogP) is 6.55. The van der Waals surface area contributed by atoms with Crippen molar-refractivity contribution in [1.82, 2.24) is 0 Å².